The Labute approximate surface area is 112 Å². The monoisotopic (exact) mass is 266 g/mol. The molecule has 1 N–H and O–H groups in total. The highest BCUT2D eigenvalue weighted by Crippen LogP contribution is 2.28. The number of aromatic nitrogens is 1. The molecule has 2 heterocycles. The van der Waals surface area contributed by atoms with Crippen LogP contribution < -0.4 is 4.90 Å². The van der Waals surface area contributed by atoms with Crippen LogP contribution in [0.25, 0.3) is 0 Å². The van der Waals surface area contributed by atoms with Crippen LogP contribution in [0.1, 0.15) is 37.0 Å². The largest absolute Gasteiger partial charge is 0.478 e. The minimum absolute atomic E-state index is 0.0528. The Morgan fingerprint density at radius 3 is 2.63 bits per heavy atom. The topological polar surface area (TPSA) is 53.4 Å². The van der Waals surface area contributed by atoms with Gasteiger partial charge in [-0.25, -0.2) is 14.2 Å². The maximum Gasteiger partial charge on any atom is 0.339 e. The normalized spacial score (nSPS) is 16.9. The molecule has 0 saturated carbocycles. The van der Waals surface area contributed by atoms with Crippen LogP contribution in [0.5, 0.6) is 0 Å². The fraction of sp³-hybridized carbons (Fsp3) is 0.571. The molecule has 5 heteroatoms. The van der Waals surface area contributed by atoms with Crippen molar-refractivity contribution in [3.63, 3.8) is 0 Å². The molecule has 2 rings (SSSR count). The lowest BCUT2D eigenvalue weighted by molar-refractivity contribution is 0.0696. The number of aromatic carboxylic acids is 1. The lowest BCUT2D eigenvalue weighted by Gasteiger charge is -2.35. The van der Waals surface area contributed by atoms with Crippen LogP contribution in [0.2, 0.25) is 0 Å². The van der Waals surface area contributed by atoms with Gasteiger partial charge in [0.2, 0.25) is 0 Å². The van der Waals surface area contributed by atoms with Crippen LogP contribution in [-0.4, -0.2) is 29.1 Å². The quantitative estimate of drug-likeness (QED) is 0.914. The number of carbonyl (C=O) groups is 1. The molecule has 1 fully saturated rings. The minimum atomic E-state index is -1.13. The molecule has 0 radical (unpaired) electrons. The molecule has 0 unspecified atom stereocenters. The van der Waals surface area contributed by atoms with E-state index in [1.165, 1.54) is 0 Å². The van der Waals surface area contributed by atoms with Gasteiger partial charge in [-0.15, -0.1) is 0 Å². The van der Waals surface area contributed by atoms with Crippen molar-refractivity contribution in [1.29, 1.82) is 0 Å². The summed E-state index contributed by atoms with van der Waals surface area (Å²) in [5.41, 5.74) is -0.0528. The van der Waals surface area contributed by atoms with E-state index in [0.29, 0.717) is 17.7 Å². The average Bonchev–Trinajstić information content (AvgIpc) is 2.38. The van der Waals surface area contributed by atoms with E-state index >= 15 is 0 Å². The maximum atomic E-state index is 13.1. The molecular weight excluding hydrogens is 247 g/mol. The Balaban J connectivity index is 2.17. The van der Waals surface area contributed by atoms with Gasteiger partial charge in [-0.3, -0.25) is 0 Å². The van der Waals surface area contributed by atoms with Gasteiger partial charge in [-0.2, -0.15) is 0 Å². The zero-order valence-corrected chi connectivity index (χ0v) is 11.3. The summed E-state index contributed by atoms with van der Waals surface area (Å²) in [6, 6.07) is 1.04. The number of pyridine rings is 1. The third-order valence-corrected chi connectivity index (χ3v) is 3.85. The molecule has 1 aromatic heterocycles. The Kier molecular flexibility index (Phi) is 4.02. The summed E-state index contributed by atoms with van der Waals surface area (Å²) in [5, 5.41) is 9.13. The van der Waals surface area contributed by atoms with Crippen LogP contribution in [0, 0.1) is 17.7 Å². The van der Waals surface area contributed by atoms with E-state index in [0.717, 1.165) is 38.2 Å². The fourth-order valence-corrected chi connectivity index (χ4v) is 2.62. The first-order chi connectivity index (χ1) is 8.99. The molecule has 0 spiro atoms. The predicted octanol–water partition coefficient (Wildman–Crippen LogP) is 2.79. The number of nitrogens with zero attached hydrogens (tertiary/aromatic N) is 2. The number of hydrogen-bond donors (Lipinski definition) is 1. The van der Waals surface area contributed by atoms with E-state index in [1.807, 2.05) is 4.90 Å². The minimum Gasteiger partial charge on any atom is -0.478 e. The molecule has 1 saturated heterocycles. The van der Waals surface area contributed by atoms with Gasteiger partial charge in [0.15, 0.2) is 0 Å². The average molecular weight is 266 g/mol. The molecule has 1 aliphatic rings. The Bertz CT molecular complexity index is 469. The maximum absolute atomic E-state index is 13.1. The highest BCUT2D eigenvalue weighted by Gasteiger charge is 2.25. The van der Waals surface area contributed by atoms with Gasteiger partial charge < -0.3 is 10.0 Å². The molecule has 1 aromatic rings. The molecular formula is C14H19FN2O2. The summed E-state index contributed by atoms with van der Waals surface area (Å²) in [7, 11) is 0. The Hall–Kier alpha value is -1.65. The fourth-order valence-electron chi connectivity index (χ4n) is 2.62. The van der Waals surface area contributed by atoms with E-state index < -0.39 is 11.8 Å². The number of carboxylic acid groups (broad SMARTS) is 1. The highest BCUT2D eigenvalue weighted by molar-refractivity contribution is 5.93. The number of hydrogen-bond acceptors (Lipinski definition) is 3. The summed E-state index contributed by atoms with van der Waals surface area (Å²) >= 11 is 0. The van der Waals surface area contributed by atoms with Gasteiger partial charge in [0.1, 0.15) is 17.2 Å². The van der Waals surface area contributed by atoms with E-state index in [4.69, 9.17) is 5.11 Å². The van der Waals surface area contributed by atoms with Crippen molar-refractivity contribution in [3.05, 3.63) is 23.6 Å². The molecule has 104 valence electrons. The zero-order valence-electron chi connectivity index (χ0n) is 11.3. The molecule has 0 atom stereocenters. The van der Waals surface area contributed by atoms with Gasteiger partial charge >= 0.3 is 5.97 Å². The summed E-state index contributed by atoms with van der Waals surface area (Å²) in [6.45, 7) is 5.97. The number of rotatable bonds is 3. The second-order valence-electron chi connectivity index (χ2n) is 5.40. The number of halogens is 1. The van der Waals surface area contributed by atoms with Crippen LogP contribution in [0.4, 0.5) is 10.2 Å². The first-order valence-electron chi connectivity index (χ1n) is 6.63. The second-order valence-corrected chi connectivity index (χ2v) is 5.40. The number of piperidine rings is 1. The van der Waals surface area contributed by atoms with Crippen molar-refractivity contribution in [2.45, 2.75) is 26.7 Å². The molecule has 0 aromatic carbocycles. The summed E-state index contributed by atoms with van der Waals surface area (Å²) in [5.74, 6) is -0.0467. The van der Waals surface area contributed by atoms with Crippen LogP contribution in [0.3, 0.4) is 0 Å². The van der Waals surface area contributed by atoms with Crippen molar-refractivity contribution in [2.24, 2.45) is 11.8 Å². The molecule has 0 amide bonds. The summed E-state index contributed by atoms with van der Waals surface area (Å²) in [6.07, 6.45) is 3.13. The van der Waals surface area contributed by atoms with Crippen LogP contribution in [-0.2, 0) is 0 Å². The second kappa shape index (κ2) is 5.55. The van der Waals surface area contributed by atoms with Gasteiger partial charge in [0.05, 0.1) is 6.20 Å². The lowest BCUT2D eigenvalue weighted by Crippen LogP contribution is -2.36. The van der Waals surface area contributed by atoms with Gasteiger partial charge in [0, 0.05) is 13.1 Å². The van der Waals surface area contributed by atoms with Gasteiger partial charge in [-0.05, 0) is 30.7 Å². The van der Waals surface area contributed by atoms with E-state index in [-0.39, 0.29) is 5.56 Å². The third kappa shape index (κ3) is 3.03. The smallest absolute Gasteiger partial charge is 0.339 e. The molecule has 19 heavy (non-hydrogen) atoms. The van der Waals surface area contributed by atoms with Crippen molar-refractivity contribution >= 4 is 11.8 Å². The van der Waals surface area contributed by atoms with Crippen molar-refractivity contribution in [1.82, 2.24) is 4.98 Å². The van der Waals surface area contributed by atoms with Gasteiger partial charge in [-0.1, -0.05) is 13.8 Å². The zero-order chi connectivity index (χ0) is 14.0. The summed E-state index contributed by atoms with van der Waals surface area (Å²) in [4.78, 5) is 17.1. The first kappa shape index (κ1) is 13.8. The number of carboxylic acids is 1. The highest BCUT2D eigenvalue weighted by atomic mass is 19.1. The van der Waals surface area contributed by atoms with Crippen molar-refractivity contribution < 1.29 is 14.3 Å². The SMILES string of the molecule is CC(C)C1CCN(c2ncc(F)cc2C(=O)O)CC1. The molecule has 1 aliphatic heterocycles. The van der Waals surface area contributed by atoms with Crippen molar-refractivity contribution in [2.75, 3.05) is 18.0 Å². The Morgan fingerprint density at radius 2 is 2.11 bits per heavy atom. The number of anilines is 1. The van der Waals surface area contributed by atoms with Crippen LogP contribution >= 0.6 is 0 Å². The molecule has 0 aliphatic carbocycles. The van der Waals surface area contributed by atoms with Gasteiger partial charge in [0.25, 0.3) is 0 Å². The van der Waals surface area contributed by atoms with E-state index in [1.54, 1.807) is 0 Å². The molecule has 4 nitrogen and oxygen atoms in total. The first-order valence-corrected chi connectivity index (χ1v) is 6.63. The third-order valence-electron chi connectivity index (χ3n) is 3.85. The summed E-state index contributed by atoms with van der Waals surface area (Å²) < 4.78 is 13.1. The standard InChI is InChI=1S/C14H19FN2O2/c1-9(2)10-3-5-17(6-4-10)13-12(14(18)19)7-11(15)8-16-13/h7-10H,3-6H2,1-2H3,(H,18,19). The van der Waals surface area contributed by atoms with Crippen LogP contribution in [0.15, 0.2) is 12.3 Å². The van der Waals surface area contributed by atoms with E-state index in [9.17, 15) is 9.18 Å². The van der Waals surface area contributed by atoms with E-state index in [2.05, 4.69) is 18.8 Å². The van der Waals surface area contributed by atoms with Crippen molar-refractivity contribution in [3.8, 4) is 0 Å². The lowest BCUT2D eigenvalue weighted by atomic mass is 9.86. The molecule has 0 bridgehead atoms. The predicted molar refractivity (Wildman–Crippen MR) is 70.9 cm³/mol. The Morgan fingerprint density at radius 1 is 1.47 bits per heavy atom.